The maximum atomic E-state index is 13.3. The zero-order valence-electron chi connectivity index (χ0n) is 15.5. The average molecular weight is 415 g/mol. The largest absolute Gasteiger partial charge is 0.493 e. The summed E-state index contributed by atoms with van der Waals surface area (Å²) in [4.78, 5) is 20.4. The zero-order valence-corrected chi connectivity index (χ0v) is 17.1. The van der Waals surface area contributed by atoms with Gasteiger partial charge < -0.3 is 14.4 Å². The van der Waals surface area contributed by atoms with Gasteiger partial charge in [-0.05, 0) is 53.3 Å². The van der Waals surface area contributed by atoms with Gasteiger partial charge in [0.25, 0.3) is 5.91 Å². The highest BCUT2D eigenvalue weighted by Gasteiger charge is 2.34. The molecular formula is C21H19ClN2O3S. The van der Waals surface area contributed by atoms with Gasteiger partial charge in [-0.2, -0.15) is 0 Å². The van der Waals surface area contributed by atoms with E-state index in [1.807, 2.05) is 28.5 Å². The monoisotopic (exact) mass is 414 g/mol. The van der Waals surface area contributed by atoms with Crippen molar-refractivity contribution in [3.63, 3.8) is 0 Å². The van der Waals surface area contributed by atoms with Crippen molar-refractivity contribution in [3.05, 3.63) is 74.7 Å². The molecule has 0 N–H and O–H groups in total. The normalized spacial score (nSPS) is 15.8. The van der Waals surface area contributed by atoms with E-state index in [1.54, 1.807) is 37.7 Å². The number of hydrogen-bond acceptors (Lipinski definition) is 5. The smallest absolute Gasteiger partial charge is 0.256 e. The predicted molar refractivity (Wildman–Crippen MR) is 110 cm³/mol. The van der Waals surface area contributed by atoms with Crippen LogP contribution >= 0.6 is 22.9 Å². The number of thiophene rings is 1. The van der Waals surface area contributed by atoms with Crippen LogP contribution in [0.3, 0.4) is 0 Å². The number of hydrogen-bond donors (Lipinski definition) is 0. The summed E-state index contributed by atoms with van der Waals surface area (Å²) in [5.74, 6) is 1.29. The molecule has 0 fully saturated rings. The molecule has 1 aliphatic heterocycles. The molecule has 1 aromatic carbocycles. The number of nitrogens with zero attached hydrogens (tertiary/aromatic N) is 2. The maximum Gasteiger partial charge on any atom is 0.256 e. The molecule has 1 unspecified atom stereocenters. The molecule has 4 rings (SSSR count). The molecule has 144 valence electrons. The van der Waals surface area contributed by atoms with E-state index in [0.717, 1.165) is 22.4 Å². The molecule has 7 heteroatoms. The van der Waals surface area contributed by atoms with Crippen molar-refractivity contribution in [1.82, 2.24) is 9.88 Å². The second kappa shape index (κ2) is 7.81. The number of pyridine rings is 1. The van der Waals surface area contributed by atoms with Crippen LogP contribution in [0.15, 0.2) is 48.0 Å². The van der Waals surface area contributed by atoms with Gasteiger partial charge in [-0.25, -0.2) is 4.98 Å². The Hall–Kier alpha value is -2.57. The molecule has 3 heterocycles. The lowest BCUT2D eigenvalue weighted by molar-refractivity contribution is 0.0696. The van der Waals surface area contributed by atoms with Crippen molar-refractivity contribution in [2.24, 2.45) is 0 Å². The predicted octanol–water partition coefficient (Wildman–Crippen LogP) is 4.60. The Kier molecular flexibility index (Phi) is 5.24. The average Bonchev–Trinajstić information content (AvgIpc) is 3.26. The van der Waals surface area contributed by atoms with Crippen LogP contribution in [0.1, 0.15) is 32.4 Å². The van der Waals surface area contributed by atoms with Gasteiger partial charge in [0.1, 0.15) is 5.15 Å². The van der Waals surface area contributed by atoms with Gasteiger partial charge in [0.15, 0.2) is 11.5 Å². The van der Waals surface area contributed by atoms with E-state index in [-0.39, 0.29) is 11.9 Å². The fourth-order valence-electron chi connectivity index (χ4n) is 3.59. The molecule has 2 aromatic heterocycles. The molecule has 0 radical (unpaired) electrons. The summed E-state index contributed by atoms with van der Waals surface area (Å²) in [5, 5.41) is 2.39. The third kappa shape index (κ3) is 3.34. The number of rotatable bonds is 4. The summed E-state index contributed by atoms with van der Waals surface area (Å²) in [6.07, 6.45) is 2.27. The first-order chi connectivity index (χ1) is 13.6. The summed E-state index contributed by atoms with van der Waals surface area (Å²) in [7, 11) is 3.25. The number of fused-ring (bicyclic) bond motifs is 1. The van der Waals surface area contributed by atoms with Crippen LogP contribution in [-0.4, -0.2) is 36.6 Å². The lowest BCUT2D eigenvalue weighted by Gasteiger charge is -2.37. The molecule has 1 aliphatic rings. The highest BCUT2D eigenvalue weighted by molar-refractivity contribution is 7.10. The Morgan fingerprint density at radius 3 is 2.64 bits per heavy atom. The van der Waals surface area contributed by atoms with Crippen LogP contribution in [0.25, 0.3) is 0 Å². The second-order valence-electron chi connectivity index (χ2n) is 6.44. The molecule has 28 heavy (non-hydrogen) atoms. The van der Waals surface area contributed by atoms with Gasteiger partial charge in [-0.1, -0.05) is 17.7 Å². The minimum absolute atomic E-state index is 0.0667. The van der Waals surface area contributed by atoms with Crippen LogP contribution < -0.4 is 9.47 Å². The zero-order chi connectivity index (χ0) is 19.7. The standard InChI is InChI=1S/C21H19ClN2O3S/c1-26-16-10-13-7-8-24(21(25)14-5-6-19(22)23-12-14)20(18-4-3-9-28-18)15(13)11-17(16)27-2/h3-6,9-12,20H,7-8H2,1-2H3. The van der Waals surface area contributed by atoms with Gasteiger partial charge in [-0.15, -0.1) is 11.3 Å². The molecule has 0 bridgehead atoms. The SMILES string of the molecule is COc1cc2c(cc1OC)C(c1cccs1)N(C(=O)c1ccc(Cl)nc1)CC2. The lowest BCUT2D eigenvalue weighted by atomic mass is 9.90. The van der Waals surface area contributed by atoms with Crippen molar-refractivity contribution in [3.8, 4) is 11.5 Å². The van der Waals surface area contributed by atoms with Crippen LogP contribution in [0.2, 0.25) is 5.15 Å². The Bertz CT molecular complexity index is 990. The molecule has 1 amide bonds. The minimum atomic E-state index is -0.188. The van der Waals surface area contributed by atoms with Crippen LogP contribution in [0.4, 0.5) is 0 Å². The Balaban J connectivity index is 1.81. The third-order valence-electron chi connectivity index (χ3n) is 4.92. The summed E-state index contributed by atoms with van der Waals surface area (Å²) >= 11 is 7.51. The molecule has 0 aliphatic carbocycles. The second-order valence-corrected chi connectivity index (χ2v) is 7.81. The highest BCUT2D eigenvalue weighted by atomic mass is 35.5. The van der Waals surface area contributed by atoms with E-state index in [1.165, 1.54) is 6.20 Å². The summed E-state index contributed by atoms with van der Waals surface area (Å²) < 4.78 is 11.0. The van der Waals surface area contributed by atoms with Gasteiger partial charge in [0.2, 0.25) is 0 Å². The van der Waals surface area contributed by atoms with E-state index in [9.17, 15) is 4.79 Å². The number of benzene rings is 1. The number of halogens is 1. The molecule has 0 saturated heterocycles. The summed E-state index contributed by atoms with van der Waals surface area (Å²) in [5.41, 5.74) is 2.74. The first-order valence-electron chi connectivity index (χ1n) is 8.83. The highest BCUT2D eigenvalue weighted by Crippen LogP contribution is 2.42. The van der Waals surface area contributed by atoms with Crippen LogP contribution in [0, 0.1) is 0 Å². The topological polar surface area (TPSA) is 51.7 Å². The Labute approximate surface area is 172 Å². The van der Waals surface area contributed by atoms with Crippen molar-refractivity contribution < 1.29 is 14.3 Å². The first-order valence-corrected chi connectivity index (χ1v) is 10.1. The van der Waals surface area contributed by atoms with Crippen molar-refractivity contribution >= 4 is 28.8 Å². The number of ether oxygens (including phenoxy) is 2. The fraction of sp³-hybridized carbons (Fsp3) is 0.238. The van der Waals surface area contributed by atoms with E-state index >= 15 is 0 Å². The number of carbonyl (C=O) groups is 1. The minimum Gasteiger partial charge on any atom is -0.493 e. The van der Waals surface area contributed by atoms with Gasteiger partial charge in [-0.3, -0.25) is 4.79 Å². The molecular weight excluding hydrogens is 396 g/mol. The fourth-order valence-corrected chi connectivity index (χ4v) is 4.55. The van der Waals surface area contributed by atoms with Gasteiger partial charge in [0, 0.05) is 17.6 Å². The number of carbonyl (C=O) groups excluding carboxylic acids is 1. The van der Waals surface area contributed by atoms with E-state index in [2.05, 4.69) is 11.1 Å². The molecule has 0 saturated carbocycles. The van der Waals surface area contributed by atoms with Crippen molar-refractivity contribution in [2.75, 3.05) is 20.8 Å². The van der Waals surface area contributed by atoms with Crippen LogP contribution in [0.5, 0.6) is 11.5 Å². The van der Waals surface area contributed by atoms with E-state index in [4.69, 9.17) is 21.1 Å². The van der Waals surface area contributed by atoms with Crippen molar-refractivity contribution in [1.29, 1.82) is 0 Å². The Morgan fingerprint density at radius 2 is 2.00 bits per heavy atom. The number of amides is 1. The maximum absolute atomic E-state index is 13.3. The third-order valence-corrected chi connectivity index (χ3v) is 6.07. The van der Waals surface area contributed by atoms with Gasteiger partial charge in [0.05, 0.1) is 25.8 Å². The first kappa shape index (κ1) is 18.8. The lowest BCUT2D eigenvalue weighted by Crippen LogP contribution is -2.40. The molecule has 0 spiro atoms. The Morgan fingerprint density at radius 1 is 1.21 bits per heavy atom. The quantitative estimate of drug-likeness (QED) is 0.585. The number of aromatic nitrogens is 1. The van der Waals surface area contributed by atoms with E-state index < -0.39 is 0 Å². The number of methoxy groups -OCH3 is 2. The molecule has 1 atom stereocenters. The molecule has 3 aromatic rings. The van der Waals surface area contributed by atoms with Gasteiger partial charge >= 0.3 is 0 Å². The molecule has 5 nitrogen and oxygen atoms in total. The van der Waals surface area contributed by atoms with E-state index in [0.29, 0.717) is 28.8 Å². The van der Waals surface area contributed by atoms with Crippen LogP contribution in [-0.2, 0) is 6.42 Å². The van der Waals surface area contributed by atoms with Crippen molar-refractivity contribution in [2.45, 2.75) is 12.5 Å². The summed E-state index contributed by atoms with van der Waals surface area (Å²) in [6, 6.07) is 11.2. The summed E-state index contributed by atoms with van der Waals surface area (Å²) in [6.45, 7) is 0.604.